The molecule has 0 bridgehead atoms. The maximum Gasteiger partial charge on any atom is 0.272 e. The lowest BCUT2D eigenvalue weighted by atomic mass is 9.87. The van der Waals surface area contributed by atoms with E-state index in [-0.39, 0.29) is 11.0 Å². The molecule has 0 aliphatic heterocycles. The molecule has 0 aliphatic rings. The van der Waals surface area contributed by atoms with Gasteiger partial charge in [-0.2, -0.15) is 0 Å². The van der Waals surface area contributed by atoms with Crippen LogP contribution in [0, 0.1) is 5.82 Å². The zero-order chi connectivity index (χ0) is 17.0. The van der Waals surface area contributed by atoms with Crippen molar-refractivity contribution in [2.45, 2.75) is 26.2 Å². The van der Waals surface area contributed by atoms with Crippen LogP contribution in [-0.4, -0.2) is 11.8 Å². The molecule has 0 heterocycles. The van der Waals surface area contributed by atoms with E-state index < -0.39 is 17.6 Å². The molecule has 23 heavy (non-hydrogen) atoms. The standard InChI is InChI=1S/C18H19FN2O2/c1-18(2,3)13-10-8-12(9-11-13)16(22)20-21-17(23)14-6-4-5-7-15(14)19/h4-11H,1-3H3,(H,20,22)(H,21,23). The second-order valence-corrected chi connectivity index (χ2v) is 6.22. The van der Waals surface area contributed by atoms with Crippen molar-refractivity contribution in [1.29, 1.82) is 0 Å². The van der Waals surface area contributed by atoms with Crippen molar-refractivity contribution < 1.29 is 14.0 Å². The van der Waals surface area contributed by atoms with Crippen molar-refractivity contribution in [3.05, 3.63) is 71.0 Å². The molecule has 5 heteroatoms. The molecule has 4 nitrogen and oxygen atoms in total. The van der Waals surface area contributed by atoms with Gasteiger partial charge in [0.2, 0.25) is 0 Å². The van der Waals surface area contributed by atoms with Crippen LogP contribution in [0.2, 0.25) is 0 Å². The zero-order valence-electron chi connectivity index (χ0n) is 13.3. The van der Waals surface area contributed by atoms with Crippen molar-refractivity contribution in [2.24, 2.45) is 0 Å². The molecule has 0 unspecified atom stereocenters. The molecule has 0 saturated heterocycles. The summed E-state index contributed by atoms with van der Waals surface area (Å²) in [6.07, 6.45) is 0. The topological polar surface area (TPSA) is 58.2 Å². The number of carbonyl (C=O) groups is 2. The predicted octanol–water partition coefficient (Wildman–Crippen LogP) is 3.20. The number of hydrogen-bond acceptors (Lipinski definition) is 2. The molecule has 2 N–H and O–H groups in total. The summed E-state index contributed by atoms with van der Waals surface area (Å²) in [7, 11) is 0. The van der Waals surface area contributed by atoms with E-state index in [2.05, 4.69) is 31.6 Å². The smallest absolute Gasteiger partial charge is 0.267 e. The normalized spacial score (nSPS) is 11.0. The first-order valence-corrected chi connectivity index (χ1v) is 7.25. The SMILES string of the molecule is CC(C)(C)c1ccc(C(=O)NNC(=O)c2ccccc2F)cc1. The summed E-state index contributed by atoms with van der Waals surface area (Å²) in [5.74, 6) is -1.81. The average Bonchev–Trinajstić information content (AvgIpc) is 2.52. The van der Waals surface area contributed by atoms with Gasteiger partial charge in [-0.05, 0) is 35.2 Å². The number of hydrogen-bond donors (Lipinski definition) is 2. The van der Waals surface area contributed by atoms with Gasteiger partial charge >= 0.3 is 0 Å². The van der Waals surface area contributed by atoms with Gasteiger partial charge in [-0.3, -0.25) is 20.4 Å². The van der Waals surface area contributed by atoms with Crippen LogP contribution in [0.4, 0.5) is 4.39 Å². The van der Waals surface area contributed by atoms with Gasteiger partial charge in [-0.15, -0.1) is 0 Å². The Morgan fingerprint density at radius 1 is 0.870 bits per heavy atom. The zero-order valence-corrected chi connectivity index (χ0v) is 13.3. The maximum atomic E-state index is 13.5. The van der Waals surface area contributed by atoms with Gasteiger partial charge in [-0.25, -0.2) is 4.39 Å². The molecule has 0 aromatic heterocycles. The molecule has 120 valence electrons. The number of halogens is 1. The van der Waals surface area contributed by atoms with Crippen LogP contribution in [-0.2, 0) is 5.41 Å². The molecule has 0 aliphatic carbocycles. The van der Waals surface area contributed by atoms with Gasteiger partial charge < -0.3 is 0 Å². The molecule has 0 saturated carbocycles. The molecular weight excluding hydrogens is 295 g/mol. The average molecular weight is 314 g/mol. The van der Waals surface area contributed by atoms with Gasteiger partial charge in [0.15, 0.2) is 0 Å². The third-order valence-electron chi connectivity index (χ3n) is 3.42. The van der Waals surface area contributed by atoms with E-state index in [4.69, 9.17) is 0 Å². The van der Waals surface area contributed by atoms with Crippen molar-refractivity contribution in [3.8, 4) is 0 Å². The second-order valence-electron chi connectivity index (χ2n) is 6.22. The molecule has 2 aromatic rings. The molecule has 2 aromatic carbocycles. The van der Waals surface area contributed by atoms with Crippen LogP contribution >= 0.6 is 0 Å². The van der Waals surface area contributed by atoms with Crippen LogP contribution in [0.25, 0.3) is 0 Å². The highest BCUT2D eigenvalue weighted by Crippen LogP contribution is 2.22. The van der Waals surface area contributed by atoms with Crippen molar-refractivity contribution in [3.63, 3.8) is 0 Å². The highest BCUT2D eigenvalue weighted by atomic mass is 19.1. The van der Waals surface area contributed by atoms with Crippen molar-refractivity contribution >= 4 is 11.8 Å². The number of hydrazine groups is 1. The minimum absolute atomic E-state index is 0.00589. The molecule has 0 spiro atoms. The largest absolute Gasteiger partial charge is 0.272 e. The second kappa shape index (κ2) is 6.60. The number of nitrogens with one attached hydrogen (secondary N) is 2. The lowest BCUT2D eigenvalue weighted by Gasteiger charge is -2.19. The first-order valence-electron chi connectivity index (χ1n) is 7.25. The van der Waals surface area contributed by atoms with Crippen LogP contribution in [0.3, 0.4) is 0 Å². The van der Waals surface area contributed by atoms with Gasteiger partial charge in [0, 0.05) is 5.56 Å². The van der Waals surface area contributed by atoms with E-state index >= 15 is 0 Å². The first kappa shape index (κ1) is 16.7. The lowest BCUT2D eigenvalue weighted by Crippen LogP contribution is -2.41. The van der Waals surface area contributed by atoms with Gasteiger partial charge in [0.05, 0.1) is 5.56 Å². The summed E-state index contributed by atoms with van der Waals surface area (Å²) in [5, 5.41) is 0. The lowest BCUT2D eigenvalue weighted by molar-refractivity contribution is 0.0844. The van der Waals surface area contributed by atoms with Gasteiger partial charge in [-0.1, -0.05) is 45.0 Å². The van der Waals surface area contributed by atoms with Crippen LogP contribution in [0.1, 0.15) is 47.1 Å². The summed E-state index contributed by atoms with van der Waals surface area (Å²) in [6.45, 7) is 6.24. The van der Waals surface area contributed by atoms with E-state index in [9.17, 15) is 14.0 Å². The van der Waals surface area contributed by atoms with E-state index in [0.29, 0.717) is 5.56 Å². The number of benzene rings is 2. The fourth-order valence-electron chi connectivity index (χ4n) is 2.02. The monoisotopic (exact) mass is 314 g/mol. The summed E-state index contributed by atoms with van der Waals surface area (Å²) < 4.78 is 13.5. The summed E-state index contributed by atoms with van der Waals surface area (Å²) in [4.78, 5) is 23.8. The summed E-state index contributed by atoms with van der Waals surface area (Å²) in [6, 6.07) is 12.7. The Bertz CT molecular complexity index is 719. The molecule has 0 fully saturated rings. The Morgan fingerprint density at radius 2 is 1.43 bits per heavy atom. The summed E-state index contributed by atoms with van der Waals surface area (Å²) in [5.41, 5.74) is 5.86. The number of rotatable bonds is 2. The molecule has 0 radical (unpaired) electrons. The predicted molar refractivity (Wildman–Crippen MR) is 86.5 cm³/mol. The van der Waals surface area contributed by atoms with Gasteiger partial charge in [0.25, 0.3) is 11.8 Å². The van der Waals surface area contributed by atoms with Crippen LogP contribution in [0.15, 0.2) is 48.5 Å². The Hall–Kier alpha value is -2.69. The van der Waals surface area contributed by atoms with E-state index in [1.165, 1.54) is 18.2 Å². The minimum Gasteiger partial charge on any atom is -0.267 e. The molecule has 2 rings (SSSR count). The third-order valence-corrected chi connectivity index (χ3v) is 3.42. The highest BCUT2D eigenvalue weighted by molar-refractivity contribution is 5.99. The van der Waals surface area contributed by atoms with Crippen LogP contribution < -0.4 is 10.9 Å². The van der Waals surface area contributed by atoms with Gasteiger partial charge in [0.1, 0.15) is 5.82 Å². The number of amides is 2. The van der Waals surface area contributed by atoms with E-state index in [1.807, 2.05) is 12.1 Å². The quantitative estimate of drug-likeness (QED) is 0.836. The van der Waals surface area contributed by atoms with E-state index in [0.717, 1.165) is 5.56 Å². The molecule has 2 amide bonds. The fraction of sp³-hybridized carbons (Fsp3) is 0.222. The Labute approximate surface area is 134 Å². The number of carbonyl (C=O) groups excluding carboxylic acids is 2. The Balaban J connectivity index is 2.00. The Morgan fingerprint density at radius 3 is 2.00 bits per heavy atom. The van der Waals surface area contributed by atoms with E-state index in [1.54, 1.807) is 18.2 Å². The first-order chi connectivity index (χ1) is 10.8. The third kappa shape index (κ3) is 4.16. The van der Waals surface area contributed by atoms with Crippen molar-refractivity contribution in [1.82, 2.24) is 10.9 Å². The maximum absolute atomic E-state index is 13.5. The Kier molecular flexibility index (Phi) is 4.79. The van der Waals surface area contributed by atoms with Crippen LogP contribution in [0.5, 0.6) is 0 Å². The summed E-state index contributed by atoms with van der Waals surface area (Å²) >= 11 is 0. The highest BCUT2D eigenvalue weighted by Gasteiger charge is 2.15. The molecular formula is C18H19FN2O2. The fourth-order valence-corrected chi connectivity index (χ4v) is 2.02. The molecule has 0 atom stereocenters. The minimum atomic E-state index is -0.706. The van der Waals surface area contributed by atoms with Crippen molar-refractivity contribution in [2.75, 3.05) is 0 Å².